The number of nitrogens with one attached hydrogen (secondary N) is 1. The second-order valence-corrected chi connectivity index (χ2v) is 3.61. The fourth-order valence-corrected chi connectivity index (χ4v) is 1.44. The Labute approximate surface area is 99.1 Å². The van der Waals surface area contributed by atoms with Gasteiger partial charge >= 0.3 is 0 Å². The molecular formula is C12H12ClNO2. The zero-order valence-electron chi connectivity index (χ0n) is 8.87. The molecule has 3 nitrogen and oxygen atoms in total. The zero-order valence-corrected chi connectivity index (χ0v) is 9.62. The van der Waals surface area contributed by atoms with Gasteiger partial charge in [-0.2, -0.15) is 0 Å². The molecule has 0 spiro atoms. The third-order valence-electron chi connectivity index (χ3n) is 1.97. The molecule has 16 heavy (non-hydrogen) atoms. The van der Waals surface area contributed by atoms with Crippen LogP contribution in [0.3, 0.4) is 0 Å². The number of benzene rings is 1. The average molecular weight is 238 g/mol. The van der Waals surface area contributed by atoms with Crippen molar-refractivity contribution in [2.75, 3.05) is 6.54 Å². The second kappa shape index (κ2) is 6.08. The van der Waals surface area contributed by atoms with Crippen molar-refractivity contribution in [1.29, 1.82) is 0 Å². The van der Waals surface area contributed by atoms with Gasteiger partial charge in [0.05, 0.1) is 5.02 Å². The standard InChI is InChI=1S/C12H12ClNO2/c1-9(16)14-7-3-5-10-4-2-6-12(13)11(10)8-15/h2-6,8H,7H2,1H3,(H,14,16). The Morgan fingerprint density at radius 3 is 2.88 bits per heavy atom. The molecule has 0 aliphatic rings. The Kier molecular flexibility index (Phi) is 4.73. The number of hydrogen-bond acceptors (Lipinski definition) is 2. The van der Waals surface area contributed by atoms with Gasteiger partial charge in [-0.05, 0) is 11.6 Å². The first-order chi connectivity index (χ1) is 7.65. The summed E-state index contributed by atoms with van der Waals surface area (Å²) >= 11 is 5.86. The first kappa shape index (κ1) is 12.5. The first-order valence-corrected chi connectivity index (χ1v) is 5.17. The van der Waals surface area contributed by atoms with E-state index < -0.39 is 0 Å². The number of rotatable bonds is 4. The van der Waals surface area contributed by atoms with Crippen LogP contribution in [0.5, 0.6) is 0 Å². The summed E-state index contributed by atoms with van der Waals surface area (Å²) in [4.78, 5) is 21.4. The van der Waals surface area contributed by atoms with E-state index in [1.54, 1.807) is 30.4 Å². The van der Waals surface area contributed by atoms with Gasteiger partial charge in [-0.15, -0.1) is 0 Å². The molecule has 4 heteroatoms. The van der Waals surface area contributed by atoms with E-state index in [-0.39, 0.29) is 5.91 Å². The molecule has 0 atom stereocenters. The highest BCUT2D eigenvalue weighted by Crippen LogP contribution is 2.18. The smallest absolute Gasteiger partial charge is 0.217 e. The van der Waals surface area contributed by atoms with Gasteiger partial charge in [-0.1, -0.05) is 35.9 Å². The van der Waals surface area contributed by atoms with E-state index in [2.05, 4.69) is 5.32 Å². The van der Waals surface area contributed by atoms with Crippen LogP contribution >= 0.6 is 11.6 Å². The van der Waals surface area contributed by atoms with Gasteiger partial charge in [0.15, 0.2) is 6.29 Å². The van der Waals surface area contributed by atoms with E-state index in [9.17, 15) is 9.59 Å². The molecule has 1 aromatic rings. The summed E-state index contributed by atoms with van der Waals surface area (Å²) in [5, 5.41) is 3.05. The highest BCUT2D eigenvalue weighted by Gasteiger charge is 2.02. The summed E-state index contributed by atoms with van der Waals surface area (Å²) < 4.78 is 0. The van der Waals surface area contributed by atoms with E-state index in [4.69, 9.17) is 11.6 Å². The van der Waals surface area contributed by atoms with Gasteiger partial charge in [-0.25, -0.2) is 0 Å². The molecular weight excluding hydrogens is 226 g/mol. The number of halogens is 1. The summed E-state index contributed by atoms with van der Waals surface area (Å²) in [6.07, 6.45) is 4.24. The number of carbonyl (C=O) groups is 2. The number of amides is 1. The van der Waals surface area contributed by atoms with Crippen molar-refractivity contribution >= 4 is 29.9 Å². The third-order valence-corrected chi connectivity index (χ3v) is 2.30. The Morgan fingerprint density at radius 2 is 2.25 bits per heavy atom. The summed E-state index contributed by atoms with van der Waals surface area (Å²) in [5.41, 5.74) is 1.20. The molecule has 0 radical (unpaired) electrons. The lowest BCUT2D eigenvalue weighted by Gasteiger charge is -2.01. The van der Waals surface area contributed by atoms with Crippen molar-refractivity contribution in [1.82, 2.24) is 5.32 Å². The fraction of sp³-hybridized carbons (Fsp3) is 0.167. The maximum Gasteiger partial charge on any atom is 0.217 e. The largest absolute Gasteiger partial charge is 0.353 e. The molecule has 0 saturated carbocycles. The maximum absolute atomic E-state index is 10.8. The van der Waals surface area contributed by atoms with Crippen LogP contribution in [-0.4, -0.2) is 18.7 Å². The SMILES string of the molecule is CC(=O)NCC=Cc1cccc(Cl)c1C=O. The van der Waals surface area contributed by atoms with Crippen molar-refractivity contribution < 1.29 is 9.59 Å². The van der Waals surface area contributed by atoms with Crippen LogP contribution in [0.25, 0.3) is 6.08 Å². The van der Waals surface area contributed by atoms with Gasteiger partial charge in [0.25, 0.3) is 0 Å². The minimum atomic E-state index is -0.0913. The summed E-state index contributed by atoms with van der Waals surface area (Å²) in [5.74, 6) is -0.0913. The van der Waals surface area contributed by atoms with Crippen LogP contribution in [0.4, 0.5) is 0 Å². The van der Waals surface area contributed by atoms with E-state index in [1.165, 1.54) is 6.92 Å². The highest BCUT2D eigenvalue weighted by atomic mass is 35.5. The van der Waals surface area contributed by atoms with Gasteiger partial charge in [0.1, 0.15) is 0 Å². The highest BCUT2D eigenvalue weighted by molar-refractivity contribution is 6.33. The molecule has 84 valence electrons. The summed E-state index contributed by atoms with van der Waals surface area (Å²) in [6, 6.07) is 5.23. The monoisotopic (exact) mass is 237 g/mol. The fourth-order valence-electron chi connectivity index (χ4n) is 1.21. The Bertz CT molecular complexity index is 427. The number of carbonyl (C=O) groups excluding carboxylic acids is 2. The number of hydrogen-bond donors (Lipinski definition) is 1. The van der Waals surface area contributed by atoms with Gasteiger partial charge in [0.2, 0.25) is 5.91 Å². The molecule has 0 heterocycles. The molecule has 0 aliphatic heterocycles. The maximum atomic E-state index is 10.8. The average Bonchev–Trinajstić information content (AvgIpc) is 2.24. The lowest BCUT2D eigenvalue weighted by molar-refractivity contribution is -0.118. The van der Waals surface area contributed by atoms with E-state index >= 15 is 0 Å². The van der Waals surface area contributed by atoms with E-state index in [1.807, 2.05) is 0 Å². The van der Waals surface area contributed by atoms with Crippen LogP contribution in [-0.2, 0) is 4.79 Å². The Morgan fingerprint density at radius 1 is 1.50 bits per heavy atom. The lowest BCUT2D eigenvalue weighted by atomic mass is 10.1. The molecule has 0 aliphatic carbocycles. The Hall–Kier alpha value is -1.61. The quantitative estimate of drug-likeness (QED) is 0.817. The van der Waals surface area contributed by atoms with Crippen LogP contribution in [0.1, 0.15) is 22.8 Å². The number of aldehydes is 1. The van der Waals surface area contributed by atoms with Gasteiger partial charge < -0.3 is 5.32 Å². The van der Waals surface area contributed by atoms with Crippen molar-refractivity contribution in [2.24, 2.45) is 0 Å². The molecule has 1 N–H and O–H groups in total. The van der Waals surface area contributed by atoms with Crippen molar-refractivity contribution in [2.45, 2.75) is 6.92 Å². The summed E-state index contributed by atoms with van der Waals surface area (Å²) in [7, 11) is 0. The van der Waals surface area contributed by atoms with E-state index in [0.29, 0.717) is 17.1 Å². The first-order valence-electron chi connectivity index (χ1n) is 4.80. The zero-order chi connectivity index (χ0) is 12.0. The predicted molar refractivity (Wildman–Crippen MR) is 64.6 cm³/mol. The van der Waals surface area contributed by atoms with Crippen molar-refractivity contribution in [3.05, 3.63) is 40.4 Å². The molecule has 1 amide bonds. The van der Waals surface area contributed by atoms with Gasteiger partial charge in [0, 0.05) is 19.0 Å². The van der Waals surface area contributed by atoms with Crippen LogP contribution in [0.15, 0.2) is 24.3 Å². The second-order valence-electron chi connectivity index (χ2n) is 3.20. The van der Waals surface area contributed by atoms with E-state index in [0.717, 1.165) is 11.8 Å². The molecule has 0 unspecified atom stereocenters. The summed E-state index contributed by atoms with van der Waals surface area (Å²) in [6.45, 7) is 1.88. The van der Waals surface area contributed by atoms with Crippen LogP contribution in [0.2, 0.25) is 5.02 Å². The third kappa shape index (κ3) is 3.51. The molecule has 0 bridgehead atoms. The van der Waals surface area contributed by atoms with Gasteiger partial charge in [-0.3, -0.25) is 9.59 Å². The Balaban J connectivity index is 2.76. The lowest BCUT2D eigenvalue weighted by Crippen LogP contribution is -2.19. The molecule has 1 aromatic carbocycles. The van der Waals surface area contributed by atoms with Crippen molar-refractivity contribution in [3.63, 3.8) is 0 Å². The molecule has 0 saturated heterocycles. The minimum Gasteiger partial charge on any atom is -0.353 e. The predicted octanol–water partition coefficient (Wildman–Crippen LogP) is 2.30. The van der Waals surface area contributed by atoms with Crippen molar-refractivity contribution in [3.8, 4) is 0 Å². The molecule has 0 fully saturated rings. The normalized spacial score (nSPS) is 10.4. The minimum absolute atomic E-state index is 0.0913. The topological polar surface area (TPSA) is 46.2 Å². The molecule has 1 rings (SSSR count). The van der Waals surface area contributed by atoms with Crippen LogP contribution in [0, 0.1) is 0 Å². The van der Waals surface area contributed by atoms with Crippen LogP contribution < -0.4 is 5.32 Å². The molecule has 0 aromatic heterocycles.